The highest BCUT2D eigenvalue weighted by molar-refractivity contribution is 5.92. The molecule has 2 aromatic rings. The normalized spacial score (nSPS) is 10.3. The van der Waals surface area contributed by atoms with Crippen molar-refractivity contribution in [2.75, 3.05) is 7.11 Å². The highest BCUT2D eigenvalue weighted by atomic mass is 16.5. The molecule has 0 radical (unpaired) electrons. The van der Waals surface area contributed by atoms with E-state index in [2.05, 4.69) is 10.3 Å². The van der Waals surface area contributed by atoms with Gasteiger partial charge in [0.2, 0.25) is 0 Å². The Morgan fingerprint density at radius 1 is 1.15 bits per heavy atom. The fourth-order valence-corrected chi connectivity index (χ4v) is 1.96. The van der Waals surface area contributed by atoms with Crippen LogP contribution in [0.3, 0.4) is 0 Å². The van der Waals surface area contributed by atoms with Crippen molar-refractivity contribution in [3.8, 4) is 0 Å². The zero-order valence-electron chi connectivity index (χ0n) is 11.7. The molecule has 20 heavy (non-hydrogen) atoms. The largest absolute Gasteiger partial charge is 0.380 e. The first-order chi connectivity index (χ1) is 9.70. The van der Waals surface area contributed by atoms with Gasteiger partial charge in [-0.15, -0.1) is 0 Å². The van der Waals surface area contributed by atoms with Gasteiger partial charge in [-0.3, -0.25) is 4.79 Å². The molecule has 104 valence electrons. The number of amides is 1. The molecule has 0 unspecified atom stereocenters. The number of nitrogens with zero attached hydrogens (tertiary/aromatic N) is 1. The van der Waals surface area contributed by atoms with Crippen molar-refractivity contribution in [3.05, 3.63) is 65.0 Å². The Hall–Kier alpha value is -2.20. The molecule has 0 saturated carbocycles. The molecule has 1 aromatic carbocycles. The van der Waals surface area contributed by atoms with Crippen LogP contribution in [0, 0.1) is 6.92 Å². The summed E-state index contributed by atoms with van der Waals surface area (Å²) in [7, 11) is 1.66. The van der Waals surface area contributed by atoms with E-state index in [9.17, 15) is 4.79 Å². The summed E-state index contributed by atoms with van der Waals surface area (Å²) in [4.78, 5) is 16.2. The quantitative estimate of drug-likeness (QED) is 0.908. The van der Waals surface area contributed by atoms with Gasteiger partial charge in [-0.1, -0.05) is 30.3 Å². The molecular weight excluding hydrogens is 252 g/mol. The summed E-state index contributed by atoms with van der Waals surface area (Å²) in [6.45, 7) is 2.87. The number of benzene rings is 1. The van der Waals surface area contributed by atoms with E-state index in [1.165, 1.54) is 0 Å². The highest BCUT2D eigenvalue weighted by Gasteiger charge is 2.08. The first-order valence-electron chi connectivity index (χ1n) is 6.48. The fraction of sp³-hybridized carbons (Fsp3) is 0.250. The third kappa shape index (κ3) is 3.65. The van der Waals surface area contributed by atoms with E-state index in [4.69, 9.17) is 4.74 Å². The van der Waals surface area contributed by atoms with Crippen molar-refractivity contribution in [2.24, 2.45) is 0 Å². The van der Waals surface area contributed by atoms with Gasteiger partial charge in [-0.05, 0) is 30.2 Å². The third-order valence-electron chi connectivity index (χ3n) is 2.98. The van der Waals surface area contributed by atoms with E-state index in [0.29, 0.717) is 18.8 Å². The molecule has 4 heteroatoms. The van der Waals surface area contributed by atoms with Crippen molar-refractivity contribution in [1.29, 1.82) is 0 Å². The van der Waals surface area contributed by atoms with E-state index in [1.807, 2.05) is 43.3 Å². The number of hydrogen-bond donors (Lipinski definition) is 1. The molecule has 2 rings (SSSR count). The lowest BCUT2D eigenvalue weighted by atomic mass is 10.1. The van der Waals surface area contributed by atoms with Gasteiger partial charge in [0.15, 0.2) is 0 Å². The Balaban J connectivity index is 2.03. The molecule has 0 atom stereocenters. The van der Waals surface area contributed by atoms with Gasteiger partial charge in [0.25, 0.3) is 5.91 Å². The number of methoxy groups -OCH3 is 1. The first-order valence-corrected chi connectivity index (χ1v) is 6.48. The van der Waals surface area contributed by atoms with Crippen LogP contribution in [0.15, 0.2) is 42.5 Å². The first kappa shape index (κ1) is 14.2. The molecule has 0 fully saturated rings. The van der Waals surface area contributed by atoms with Crippen LogP contribution in [0.4, 0.5) is 0 Å². The van der Waals surface area contributed by atoms with Crippen LogP contribution in [0.2, 0.25) is 0 Å². The van der Waals surface area contributed by atoms with Crippen molar-refractivity contribution in [2.45, 2.75) is 20.1 Å². The second-order valence-electron chi connectivity index (χ2n) is 4.55. The number of ether oxygens (including phenoxy) is 1. The van der Waals surface area contributed by atoms with Crippen LogP contribution < -0.4 is 5.32 Å². The van der Waals surface area contributed by atoms with Gasteiger partial charge in [-0.25, -0.2) is 4.98 Å². The van der Waals surface area contributed by atoms with Gasteiger partial charge in [-0.2, -0.15) is 0 Å². The fourth-order valence-electron chi connectivity index (χ4n) is 1.96. The maximum absolute atomic E-state index is 12.0. The number of pyridine rings is 1. The smallest absolute Gasteiger partial charge is 0.270 e. The van der Waals surface area contributed by atoms with E-state index in [1.54, 1.807) is 13.2 Å². The molecule has 4 nitrogen and oxygen atoms in total. The summed E-state index contributed by atoms with van der Waals surface area (Å²) in [5, 5.41) is 2.88. The van der Waals surface area contributed by atoms with Crippen LogP contribution in [-0.4, -0.2) is 18.0 Å². The van der Waals surface area contributed by atoms with Crippen molar-refractivity contribution in [1.82, 2.24) is 10.3 Å². The van der Waals surface area contributed by atoms with Gasteiger partial charge in [0, 0.05) is 19.3 Å². The van der Waals surface area contributed by atoms with Gasteiger partial charge >= 0.3 is 0 Å². The van der Waals surface area contributed by atoms with Crippen LogP contribution in [0.5, 0.6) is 0 Å². The predicted octanol–water partition coefficient (Wildman–Crippen LogP) is 2.47. The average Bonchev–Trinajstić information content (AvgIpc) is 2.46. The molecule has 0 saturated heterocycles. The molecule has 0 aliphatic heterocycles. The Morgan fingerprint density at radius 2 is 1.90 bits per heavy atom. The number of hydrogen-bond acceptors (Lipinski definition) is 3. The summed E-state index contributed by atoms with van der Waals surface area (Å²) in [6, 6.07) is 13.3. The van der Waals surface area contributed by atoms with E-state index in [0.717, 1.165) is 16.8 Å². The molecule has 1 aromatic heterocycles. The SMILES string of the molecule is COCc1ccccc1CNC(=O)c1cccc(C)n1. The molecule has 1 heterocycles. The minimum absolute atomic E-state index is 0.166. The number of nitrogens with one attached hydrogen (secondary N) is 1. The second-order valence-corrected chi connectivity index (χ2v) is 4.55. The minimum Gasteiger partial charge on any atom is -0.380 e. The van der Waals surface area contributed by atoms with Crippen molar-refractivity contribution in [3.63, 3.8) is 0 Å². The van der Waals surface area contributed by atoms with E-state index < -0.39 is 0 Å². The van der Waals surface area contributed by atoms with Gasteiger partial charge < -0.3 is 10.1 Å². The van der Waals surface area contributed by atoms with Crippen LogP contribution in [0.25, 0.3) is 0 Å². The number of aryl methyl sites for hydroxylation is 1. The monoisotopic (exact) mass is 270 g/mol. The molecular formula is C16H18N2O2. The lowest BCUT2D eigenvalue weighted by Crippen LogP contribution is -2.24. The molecule has 0 aliphatic rings. The zero-order chi connectivity index (χ0) is 14.4. The van der Waals surface area contributed by atoms with Gasteiger partial charge in [0.05, 0.1) is 6.61 Å². The van der Waals surface area contributed by atoms with E-state index in [-0.39, 0.29) is 5.91 Å². The Bertz CT molecular complexity index is 597. The van der Waals surface area contributed by atoms with Crippen LogP contribution >= 0.6 is 0 Å². The number of aromatic nitrogens is 1. The summed E-state index contributed by atoms with van der Waals surface area (Å²) < 4.78 is 5.15. The summed E-state index contributed by atoms with van der Waals surface area (Å²) in [5.41, 5.74) is 3.40. The van der Waals surface area contributed by atoms with Crippen molar-refractivity contribution < 1.29 is 9.53 Å². The number of carbonyl (C=O) groups is 1. The predicted molar refractivity (Wildman–Crippen MR) is 77.3 cm³/mol. The molecule has 0 bridgehead atoms. The summed E-state index contributed by atoms with van der Waals surface area (Å²) in [5.74, 6) is -0.166. The highest BCUT2D eigenvalue weighted by Crippen LogP contribution is 2.10. The maximum atomic E-state index is 12.0. The standard InChI is InChI=1S/C16H18N2O2/c1-12-6-5-9-15(18-12)16(19)17-10-13-7-3-4-8-14(13)11-20-2/h3-9H,10-11H2,1-2H3,(H,17,19). The Labute approximate surface area is 118 Å². The second kappa shape index (κ2) is 6.82. The van der Waals surface area contributed by atoms with Crippen molar-refractivity contribution >= 4 is 5.91 Å². The maximum Gasteiger partial charge on any atom is 0.270 e. The van der Waals surface area contributed by atoms with Gasteiger partial charge in [0.1, 0.15) is 5.69 Å². The third-order valence-corrected chi connectivity index (χ3v) is 2.98. The number of carbonyl (C=O) groups excluding carboxylic acids is 1. The Kier molecular flexibility index (Phi) is 4.85. The van der Waals surface area contributed by atoms with Crippen LogP contribution in [0.1, 0.15) is 27.3 Å². The summed E-state index contributed by atoms with van der Waals surface area (Å²) >= 11 is 0. The molecule has 1 amide bonds. The van der Waals surface area contributed by atoms with E-state index >= 15 is 0 Å². The van der Waals surface area contributed by atoms with Crippen LogP contribution in [-0.2, 0) is 17.9 Å². The lowest BCUT2D eigenvalue weighted by molar-refractivity contribution is 0.0945. The minimum atomic E-state index is -0.166. The lowest BCUT2D eigenvalue weighted by Gasteiger charge is -2.10. The topological polar surface area (TPSA) is 51.2 Å². The molecule has 1 N–H and O–H groups in total. The number of rotatable bonds is 5. The molecule has 0 aliphatic carbocycles. The average molecular weight is 270 g/mol. The summed E-state index contributed by atoms with van der Waals surface area (Å²) in [6.07, 6.45) is 0. The zero-order valence-corrected chi connectivity index (χ0v) is 11.7. The molecule has 0 spiro atoms. The Morgan fingerprint density at radius 3 is 2.60 bits per heavy atom.